The van der Waals surface area contributed by atoms with E-state index < -0.39 is 17.1 Å². The molecule has 0 aliphatic carbocycles. The maximum Gasteiger partial charge on any atom is 0.242 e. The zero-order valence-corrected chi connectivity index (χ0v) is 13.9. The fraction of sp³-hybridized carbons (Fsp3) is 0.611. The number of aliphatic hydroxyl groups excluding tert-OH is 1. The van der Waals surface area contributed by atoms with E-state index in [1.165, 1.54) is 0 Å². The fourth-order valence-corrected chi connectivity index (χ4v) is 2.03. The minimum Gasteiger partial charge on any atom is -0.386 e. The summed E-state index contributed by atoms with van der Waals surface area (Å²) in [6.45, 7) is 1.98. The minimum absolute atomic E-state index is 0.233. The Bertz CT molecular complexity index is 402. The number of hydrogen-bond acceptors (Lipinski definition) is 4. The second-order valence-corrected chi connectivity index (χ2v) is 5.34. The van der Waals surface area contributed by atoms with Crippen molar-refractivity contribution in [1.82, 2.24) is 0 Å². The third-order valence-corrected chi connectivity index (χ3v) is 3.38. The maximum absolute atomic E-state index is 11.0. The summed E-state index contributed by atoms with van der Waals surface area (Å²) in [5, 5.41) is 20.9. The first-order valence-corrected chi connectivity index (χ1v) is 8.25. The molecule has 129 valence electrons. The van der Waals surface area contributed by atoms with Crippen molar-refractivity contribution in [2.45, 2.75) is 70.4 Å². The molecule has 0 saturated heterocycles. The summed E-state index contributed by atoms with van der Waals surface area (Å²) >= 11 is 0. The molecule has 0 rings (SSSR count). The topological polar surface area (TPSA) is 80.4 Å². The van der Waals surface area contributed by atoms with E-state index in [4.69, 9.17) is 0 Å². The number of allylic oxidation sites excluding steroid dienone is 4. The molecule has 0 fully saturated rings. The van der Waals surface area contributed by atoms with Crippen LogP contribution in [0, 0.1) is 10.1 Å². The van der Waals surface area contributed by atoms with Gasteiger partial charge in [-0.1, -0.05) is 43.4 Å². The van der Waals surface area contributed by atoms with Crippen molar-refractivity contribution in [1.29, 1.82) is 0 Å². The molecule has 1 N–H and O–H groups in total. The van der Waals surface area contributed by atoms with Crippen LogP contribution in [0.4, 0.5) is 0 Å². The largest absolute Gasteiger partial charge is 0.386 e. The molecule has 0 saturated carbocycles. The molecule has 2 unspecified atom stereocenters. The summed E-state index contributed by atoms with van der Waals surface area (Å²) in [6, 6.07) is -0.962. The van der Waals surface area contributed by atoms with Crippen molar-refractivity contribution < 1.29 is 14.8 Å². The molecule has 5 nitrogen and oxygen atoms in total. The highest BCUT2D eigenvalue weighted by Crippen LogP contribution is 2.10. The summed E-state index contributed by atoms with van der Waals surface area (Å²) in [5.41, 5.74) is 0. The smallest absolute Gasteiger partial charge is 0.242 e. The second-order valence-electron chi connectivity index (χ2n) is 5.34. The predicted octanol–water partition coefficient (Wildman–Crippen LogP) is 3.91. The van der Waals surface area contributed by atoms with Crippen LogP contribution in [-0.2, 0) is 4.79 Å². The highest BCUT2D eigenvalue weighted by molar-refractivity contribution is 5.50. The Hall–Kier alpha value is -1.75. The number of rotatable bonds is 14. The molecule has 1 radical (unpaired) electrons. The Morgan fingerprint density at radius 3 is 2.43 bits per heavy atom. The van der Waals surface area contributed by atoms with Gasteiger partial charge in [-0.25, -0.2) is 0 Å². The molecular weight excluding hydrogens is 294 g/mol. The standard InChI is InChI=1S/C18H28NO4/c1-2-3-11-15-18(21)17(19(22)23)14-12-9-7-5-4-6-8-10-13-16-20/h3-5,9,11-12,17-18,21H,2,6-8,10,13-15H2,1H3/b5-4-,11-3-,12-9-. The fourth-order valence-electron chi connectivity index (χ4n) is 2.03. The quantitative estimate of drug-likeness (QED) is 0.227. The van der Waals surface area contributed by atoms with Gasteiger partial charge in [0.2, 0.25) is 6.04 Å². The molecule has 0 bridgehead atoms. The molecule has 0 spiro atoms. The van der Waals surface area contributed by atoms with Gasteiger partial charge in [0, 0.05) is 17.8 Å². The first-order chi connectivity index (χ1) is 11.1. The van der Waals surface area contributed by atoms with Gasteiger partial charge in [0.15, 0.2) is 6.29 Å². The highest BCUT2D eigenvalue weighted by atomic mass is 16.6. The van der Waals surface area contributed by atoms with Crippen molar-refractivity contribution in [3.8, 4) is 0 Å². The van der Waals surface area contributed by atoms with E-state index in [0.29, 0.717) is 12.8 Å². The Morgan fingerprint density at radius 2 is 1.78 bits per heavy atom. The average Bonchev–Trinajstić information content (AvgIpc) is 2.52. The van der Waals surface area contributed by atoms with Crippen molar-refractivity contribution in [3.05, 3.63) is 46.6 Å². The number of unbranched alkanes of at least 4 members (excludes halogenated alkanes) is 3. The summed E-state index contributed by atoms with van der Waals surface area (Å²) in [7, 11) is 0. The van der Waals surface area contributed by atoms with Gasteiger partial charge in [-0.15, -0.1) is 0 Å². The lowest BCUT2D eigenvalue weighted by Crippen LogP contribution is -2.32. The van der Waals surface area contributed by atoms with Crippen LogP contribution in [-0.4, -0.2) is 28.5 Å². The van der Waals surface area contributed by atoms with Crippen molar-refractivity contribution in [3.63, 3.8) is 0 Å². The Balaban J connectivity index is 4.02. The van der Waals surface area contributed by atoms with Crippen LogP contribution in [0.2, 0.25) is 0 Å². The number of carbonyl (C=O) groups excluding carboxylic acids is 1. The molecular formula is C18H28NO4. The SMILES string of the molecule is CC/C=C\CC(O)C(C/C=C\C/C=C\CCCC[C]=O)[N+](=O)[O-]. The number of nitrogens with zero attached hydrogens (tertiary/aromatic N) is 1. The van der Waals surface area contributed by atoms with Crippen LogP contribution in [0.25, 0.3) is 0 Å². The first kappa shape index (κ1) is 21.2. The highest BCUT2D eigenvalue weighted by Gasteiger charge is 2.27. The van der Waals surface area contributed by atoms with Gasteiger partial charge in [0.1, 0.15) is 6.10 Å². The molecule has 0 aliphatic rings. The zero-order chi connectivity index (χ0) is 17.3. The summed E-state index contributed by atoms with van der Waals surface area (Å²) in [6.07, 6.45) is 17.6. The van der Waals surface area contributed by atoms with Crippen LogP contribution in [0.3, 0.4) is 0 Å². The first-order valence-electron chi connectivity index (χ1n) is 8.25. The lowest BCUT2D eigenvalue weighted by atomic mass is 10.0. The van der Waals surface area contributed by atoms with Crippen molar-refractivity contribution >= 4 is 6.29 Å². The second kappa shape index (κ2) is 15.2. The maximum atomic E-state index is 11.0. The molecule has 0 aliphatic heterocycles. The van der Waals surface area contributed by atoms with Gasteiger partial charge in [0.05, 0.1) is 0 Å². The van der Waals surface area contributed by atoms with Gasteiger partial charge in [0.25, 0.3) is 0 Å². The van der Waals surface area contributed by atoms with Crippen molar-refractivity contribution in [2.75, 3.05) is 0 Å². The molecule has 0 heterocycles. The monoisotopic (exact) mass is 322 g/mol. The Kier molecular flexibility index (Phi) is 14.0. The zero-order valence-electron chi connectivity index (χ0n) is 13.9. The summed E-state index contributed by atoms with van der Waals surface area (Å²) < 4.78 is 0. The van der Waals surface area contributed by atoms with E-state index in [-0.39, 0.29) is 6.42 Å². The van der Waals surface area contributed by atoms with E-state index in [2.05, 4.69) is 0 Å². The van der Waals surface area contributed by atoms with E-state index in [1.807, 2.05) is 37.5 Å². The van der Waals surface area contributed by atoms with Crippen LogP contribution in [0.15, 0.2) is 36.5 Å². The summed E-state index contributed by atoms with van der Waals surface area (Å²) in [4.78, 5) is 20.6. The third kappa shape index (κ3) is 12.5. The van der Waals surface area contributed by atoms with Gasteiger partial charge in [-0.2, -0.15) is 0 Å². The normalized spacial score (nSPS) is 14.7. The van der Waals surface area contributed by atoms with Crippen LogP contribution >= 0.6 is 0 Å². The summed E-state index contributed by atoms with van der Waals surface area (Å²) in [5.74, 6) is 0. The van der Waals surface area contributed by atoms with Crippen molar-refractivity contribution in [2.24, 2.45) is 0 Å². The number of aliphatic hydroxyl groups is 1. The average molecular weight is 322 g/mol. The van der Waals surface area contributed by atoms with Crippen LogP contribution in [0.5, 0.6) is 0 Å². The lowest BCUT2D eigenvalue weighted by molar-refractivity contribution is -0.533. The Labute approximate surface area is 138 Å². The van der Waals surface area contributed by atoms with Gasteiger partial charge >= 0.3 is 0 Å². The van der Waals surface area contributed by atoms with Gasteiger partial charge in [-0.05, 0) is 38.5 Å². The molecule has 2 atom stereocenters. The molecule has 0 amide bonds. The van der Waals surface area contributed by atoms with Gasteiger partial charge in [-0.3, -0.25) is 14.9 Å². The van der Waals surface area contributed by atoms with E-state index >= 15 is 0 Å². The molecule has 23 heavy (non-hydrogen) atoms. The van der Waals surface area contributed by atoms with E-state index in [1.54, 1.807) is 12.2 Å². The minimum atomic E-state index is -0.962. The van der Waals surface area contributed by atoms with Gasteiger partial charge < -0.3 is 5.11 Å². The predicted molar refractivity (Wildman–Crippen MR) is 92.5 cm³/mol. The molecule has 0 aromatic heterocycles. The van der Waals surface area contributed by atoms with E-state index in [0.717, 1.165) is 32.1 Å². The van der Waals surface area contributed by atoms with E-state index in [9.17, 15) is 20.0 Å². The Morgan fingerprint density at radius 1 is 1.09 bits per heavy atom. The van der Waals surface area contributed by atoms with Crippen LogP contribution < -0.4 is 0 Å². The third-order valence-electron chi connectivity index (χ3n) is 3.38. The molecule has 5 heteroatoms. The number of nitro groups is 1. The number of hydrogen-bond donors (Lipinski definition) is 1. The molecule has 0 aromatic rings. The lowest BCUT2D eigenvalue weighted by Gasteiger charge is -2.12. The molecule has 0 aromatic carbocycles. The van der Waals surface area contributed by atoms with Crippen LogP contribution in [0.1, 0.15) is 58.3 Å².